The Morgan fingerprint density at radius 3 is 2.37 bits per heavy atom. The molecule has 0 aliphatic carbocycles. The lowest BCUT2D eigenvalue weighted by Gasteiger charge is -2.11. The van der Waals surface area contributed by atoms with Crippen LogP contribution in [0.15, 0.2) is 47.5 Å². The first-order valence-electron chi connectivity index (χ1n) is 6.14. The fourth-order valence-corrected chi connectivity index (χ4v) is 1.89. The highest BCUT2D eigenvalue weighted by Crippen LogP contribution is 2.23. The van der Waals surface area contributed by atoms with E-state index in [1.807, 2.05) is 45.4 Å². The summed E-state index contributed by atoms with van der Waals surface area (Å²) in [6, 6.07) is 14.0. The predicted molar refractivity (Wildman–Crippen MR) is 84.2 cm³/mol. The van der Waals surface area contributed by atoms with Crippen LogP contribution in [0.5, 0.6) is 0 Å². The molecule has 0 N–H and O–H groups in total. The lowest BCUT2D eigenvalue weighted by atomic mass is 10.2. The van der Waals surface area contributed by atoms with Crippen LogP contribution in [-0.2, 0) is 0 Å². The molecule has 2 aromatic carbocycles. The van der Waals surface area contributed by atoms with Crippen LogP contribution in [0.1, 0.15) is 11.1 Å². The summed E-state index contributed by atoms with van der Waals surface area (Å²) >= 11 is 5.97. The van der Waals surface area contributed by atoms with Crippen molar-refractivity contribution >= 4 is 29.2 Å². The van der Waals surface area contributed by atoms with Gasteiger partial charge in [0, 0.05) is 31.0 Å². The highest BCUT2D eigenvalue weighted by molar-refractivity contribution is 6.30. The van der Waals surface area contributed by atoms with Gasteiger partial charge < -0.3 is 4.90 Å². The maximum Gasteiger partial charge on any atom is 0.0673 e. The zero-order chi connectivity index (χ0) is 13.8. The van der Waals surface area contributed by atoms with Crippen molar-refractivity contribution in [1.29, 1.82) is 0 Å². The van der Waals surface area contributed by atoms with Crippen molar-refractivity contribution in [3.05, 3.63) is 58.6 Å². The number of anilines is 1. The Kier molecular flexibility index (Phi) is 4.23. The predicted octanol–water partition coefficient (Wildman–Crippen LogP) is 4.47. The highest BCUT2D eigenvalue weighted by atomic mass is 35.5. The lowest BCUT2D eigenvalue weighted by molar-refractivity contribution is 1.13. The van der Waals surface area contributed by atoms with E-state index in [1.54, 1.807) is 0 Å². The number of hydrogen-bond acceptors (Lipinski definition) is 2. The zero-order valence-corrected chi connectivity index (χ0v) is 12.1. The van der Waals surface area contributed by atoms with Crippen LogP contribution in [0.4, 0.5) is 11.4 Å². The van der Waals surface area contributed by atoms with Gasteiger partial charge >= 0.3 is 0 Å². The number of hydrogen-bond donors (Lipinski definition) is 0. The van der Waals surface area contributed by atoms with Gasteiger partial charge in [0.1, 0.15) is 0 Å². The van der Waals surface area contributed by atoms with Crippen LogP contribution < -0.4 is 4.90 Å². The largest absolute Gasteiger partial charge is 0.378 e. The lowest BCUT2D eigenvalue weighted by Crippen LogP contribution is -2.08. The molecule has 0 atom stereocenters. The number of nitrogens with zero attached hydrogens (tertiary/aromatic N) is 2. The van der Waals surface area contributed by atoms with E-state index in [0.717, 1.165) is 16.8 Å². The van der Waals surface area contributed by atoms with Crippen LogP contribution >= 0.6 is 11.6 Å². The Labute approximate surface area is 119 Å². The summed E-state index contributed by atoms with van der Waals surface area (Å²) in [4.78, 5) is 6.56. The molecule has 0 saturated heterocycles. The third-order valence-electron chi connectivity index (χ3n) is 2.93. The number of benzene rings is 2. The summed E-state index contributed by atoms with van der Waals surface area (Å²) in [6.45, 7) is 2.03. The Morgan fingerprint density at radius 2 is 1.74 bits per heavy atom. The minimum Gasteiger partial charge on any atom is -0.378 e. The molecule has 0 aromatic heterocycles. The molecule has 0 aliphatic heterocycles. The van der Waals surface area contributed by atoms with E-state index in [9.17, 15) is 0 Å². The molecule has 3 heteroatoms. The summed E-state index contributed by atoms with van der Waals surface area (Å²) in [5.74, 6) is 0. The van der Waals surface area contributed by atoms with Gasteiger partial charge in [-0.25, -0.2) is 0 Å². The monoisotopic (exact) mass is 272 g/mol. The van der Waals surface area contributed by atoms with E-state index >= 15 is 0 Å². The van der Waals surface area contributed by atoms with Crippen LogP contribution in [0, 0.1) is 6.92 Å². The molecule has 19 heavy (non-hydrogen) atoms. The minimum absolute atomic E-state index is 0.709. The van der Waals surface area contributed by atoms with Crippen molar-refractivity contribution in [3.8, 4) is 0 Å². The van der Waals surface area contributed by atoms with Gasteiger partial charge in [-0.2, -0.15) is 0 Å². The summed E-state index contributed by atoms with van der Waals surface area (Å²) in [6.07, 6.45) is 1.86. The molecule has 0 radical (unpaired) electrons. The molecule has 0 heterocycles. The van der Waals surface area contributed by atoms with Gasteiger partial charge in [0.2, 0.25) is 0 Å². The normalized spacial score (nSPS) is 10.9. The van der Waals surface area contributed by atoms with Crippen molar-refractivity contribution in [3.63, 3.8) is 0 Å². The van der Waals surface area contributed by atoms with E-state index in [2.05, 4.69) is 34.2 Å². The molecular formula is C16H17ClN2. The van der Waals surface area contributed by atoms with Crippen molar-refractivity contribution in [2.45, 2.75) is 6.92 Å². The fraction of sp³-hybridized carbons (Fsp3) is 0.188. The SMILES string of the molecule is Cc1ccc(Cl)cc1N=Cc1ccc(N(C)C)cc1. The molecule has 0 amide bonds. The molecule has 2 aromatic rings. The molecule has 0 aliphatic rings. The number of aliphatic imine (C=N–C) groups is 1. The molecule has 0 saturated carbocycles. The van der Waals surface area contributed by atoms with Gasteiger partial charge in [0.15, 0.2) is 0 Å². The van der Waals surface area contributed by atoms with E-state index in [0.29, 0.717) is 5.02 Å². The van der Waals surface area contributed by atoms with Crippen molar-refractivity contribution in [2.24, 2.45) is 4.99 Å². The summed E-state index contributed by atoms with van der Waals surface area (Å²) in [5, 5.41) is 0.709. The van der Waals surface area contributed by atoms with Gasteiger partial charge in [-0.3, -0.25) is 4.99 Å². The molecule has 0 bridgehead atoms. The second kappa shape index (κ2) is 5.89. The van der Waals surface area contributed by atoms with Crippen molar-refractivity contribution in [2.75, 3.05) is 19.0 Å². The first-order valence-corrected chi connectivity index (χ1v) is 6.51. The zero-order valence-electron chi connectivity index (χ0n) is 11.4. The standard InChI is InChI=1S/C16H17ClN2/c1-12-4-7-14(17)10-16(12)18-11-13-5-8-15(9-6-13)19(2)3/h4-11H,1-3H3. The summed E-state index contributed by atoms with van der Waals surface area (Å²) in [7, 11) is 4.05. The topological polar surface area (TPSA) is 15.6 Å². The molecule has 2 nitrogen and oxygen atoms in total. The van der Waals surface area contributed by atoms with E-state index in [4.69, 9.17) is 11.6 Å². The second-order valence-electron chi connectivity index (χ2n) is 4.67. The average molecular weight is 273 g/mol. The third-order valence-corrected chi connectivity index (χ3v) is 3.17. The van der Waals surface area contributed by atoms with E-state index < -0.39 is 0 Å². The van der Waals surface area contributed by atoms with Gasteiger partial charge in [0.05, 0.1) is 5.69 Å². The maximum absolute atomic E-state index is 5.97. The molecule has 0 spiro atoms. The van der Waals surface area contributed by atoms with Crippen LogP contribution in [0.25, 0.3) is 0 Å². The van der Waals surface area contributed by atoms with Crippen molar-refractivity contribution < 1.29 is 0 Å². The van der Waals surface area contributed by atoms with Crippen LogP contribution in [0.3, 0.4) is 0 Å². The Hall–Kier alpha value is -1.80. The molecule has 0 fully saturated rings. The number of halogens is 1. The first kappa shape index (κ1) is 13.6. The highest BCUT2D eigenvalue weighted by Gasteiger charge is 1.97. The Morgan fingerprint density at radius 1 is 1.05 bits per heavy atom. The van der Waals surface area contributed by atoms with Gasteiger partial charge in [-0.15, -0.1) is 0 Å². The fourth-order valence-electron chi connectivity index (χ4n) is 1.72. The Bertz CT molecular complexity index is 586. The summed E-state index contributed by atoms with van der Waals surface area (Å²) < 4.78 is 0. The van der Waals surface area contributed by atoms with Gasteiger partial charge in [-0.1, -0.05) is 29.8 Å². The Balaban J connectivity index is 2.20. The first-order chi connectivity index (χ1) is 9.06. The molecule has 2 rings (SSSR count). The molecule has 98 valence electrons. The average Bonchev–Trinajstić information content (AvgIpc) is 2.40. The second-order valence-corrected chi connectivity index (χ2v) is 5.11. The number of aryl methyl sites for hydroxylation is 1. The van der Waals surface area contributed by atoms with Crippen LogP contribution in [-0.4, -0.2) is 20.3 Å². The van der Waals surface area contributed by atoms with Gasteiger partial charge in [0.25, 0.3) is 0 Å². The van der Waals surface area contributed by atoms with Crippen LogP contribution in [0.2, 0.25) is 5.02 Å². The third kappa shape index (κ3) is 3.58. The smallest absolute Gasteiger partial charge is 0.0673 e. The summed E-state index contributed by atoms with van der Waals surface area (Å²) in [5.41, 5.74) is 4.27. The van der Waals surface area contributed by atoms with Gasteiger partial charge in [-0.05, 0) is 42.3 Å². The van der Waals surface area contributed by atoms with E-state index in [1.165, 1.54) is 5.69 Å². The maximum atomic E-state index is 5.97. The molecule has 0 unspecified atom stereocenters. The number of rotatable bonds is 3. The quantitative estimate of drug-likeness (QED) is 0.753. The van der Waals surface area contributed by atoms with E-state index in [-0.39, 0.29) is 0 Å². The van der Waals surface area contributed by atoms with Crippen molar-refractivity contribution in [1.82, 2.24) is 0 Å². The molecular weight excluding hydrogens is 256 g/mol. The minimum atomic E-state index is 0.709.